The van der Waals surface area contributed by atoms with Gasteiger partial charge in [0.05, 0.1) is 17.6 Å². The molecule has 2 aromatic heterocycles. The average Bonchev–Trinajstić information content (AvgIpc) is 3.28. The fourth-order valence-corrected chi connectivity index (χ4v) is 3.19. The number of fused-ring (bicyclic) bond motifs is 1. The molecule has 6 nitrogen and oxygen atoms in total. The number of nitrogens with zero attached hydrogens (tertiary/aromatic N) is 4. The molecule has 2 heterocycles. The summed E-state index contributed by atoms with van der Waals surface area (Å²) in [6.07, 6.45) is 0. The van der Waals surface area contributed by atoms with Gasteiger partial charge in [0, 0.05) is 12.6 Å². The number of hydrogen-bond acceptors (Lipinski definition) is 4. The number of para-hydroxylation sites is 2. The van der Waals surface area contributed by atoms with Crippen molar-refractivity contribution in [3.05, 3.63) is 71.9 Å². The van der Waals surface area contributed by atoms with Crippen LogP contribution in [0.4, 0.5) is 8.78 Å². The van der Waals surface area contributed by atoms with Crippen molar-refractivity contribution < 1.29 is 18.0 Å². The van der Waals surface area contributed by atoms with Crippen molar-refractivity contribution in [2.24, 2.45) is 0 Å². The molecule has 0 unspecified atom stereocenters. The predicted molar refractivity (Wildman–Crippen MR) is 103 cm³/mol. The van der Waals surface area contributed by atoms with E-state index in [2.05, 4.69) is 9.97 Å². The lowest BCUT2D eigenvalue weighted by atomic mass is 10.2. The van der Waals surface area contributed by atoms with Crippen molar-refractivity contribution in [2.45, 2.75) is 20.0 Å². The molecule has 0 bridgehead atoms. The Hall–Kier alpha value is -3.55. The first-order chi connectivity index (χ1) is 14.0. The summed E-state index contributed by atoms with van der Waals surface area (Å²) in [6, 6.07) is 15.9. The number of amides is 1. The summed E-state index contributed by atoms with van der Waals surface area (Å²) in [5.74, 6) is 0.366. The van der Waals surface area contributed by atoms with Gasteiger partial charge in [-0.2, -0.15) is 8.78 Å². The Morgan fingerprint density at radius 1 is 1.10 bits per heavy atom. The maximum absolute atomic E-state index is 13.6. The van der Waals surface area contributed by atoms with Crippen molar-refractivity contribution in [3.63, 3.8) is 0 Å². The lowest BCUT2D eigenvalue weighted by Crippen LogP contribution is -2.28. The lowest BCUT2D eigenvalue weighted by molar-refractivity contribution is 0.0644. The Morgan fingerprint density at radius 3 is 2.52 bits per heavy atom. The number of carbonyl (C=O) groups is 1. The average molecular weight is 396 g/mol. The van der Waals surface area contributed by atoms with Crippen LogP contribution in [0.2, 0.25) is 0 Å². The molecule has 0 aliphatic heterocycles. The molecule has 0 fully saturated rings. The minimum atomic E-state index is -2.76. The Labute approximate surface area is 165 Å². The maximum atomic E-state index is 13.6. The SMILES string of the molecule is Cc1oc(-c2ccccc2)nc1C(=O)N(C)Cc1nc2ccccc2n1C(F)F. The quantitative estimate of drug-likeness (QED) is 0.492. The third kappa shape index (κ3) is 3.49. The first kappa shape index (κ1) is 18.8. The van der Waals surface area contributed by atoms with Crippen LogP contribution in [0.25, 0.3) is 22.5 Å². The number of imidazole rings is 1. The normalized spacial score (nSPS) is 11.3. The number of benzene rings is 2. The predicted octanol–water partition coefficient (Wildman–Crippen LogP) is 4.67. The van der Waals surface area contributed by atoms with Gasteiger partial charge in [-0.3, -0.25) is 9.36 Å². The molecule has 148 valence electrons. The molecule has 4 aromatic rings. The van der Waals surface area contributed by atoms with Crippen LogP contribution in [-0.4, -0.2) is 32.4 Å². The zero-order chi connectivity index (χ0) is 20.5. The number of halogens is 2. The summed E-state index contributed by atoms with van der Waals surface area (Å²) in [5.41, 5.74) is 1.66. The van der Waals surface area contributed by atoms with Crippen LogP contribution < -0.4 is 0 Å². The zero-order valence-corrected chi connectivity index (χ0v) is 15.8. The Balaban J connectivity index is 1.62. The van der Waals surface area contributed by atoms with Crippen LogP contribution in [0, 0.1) is 6.92 Å². The minimum Gasteiger partial charge on any atom is -0.441 e. The van der Waals surface area contributed by atoms with E-state index in [9.17, 15) is 13.6 Å². The van der Waals surface area contributed by atoms with Gasteiger partial charge >= 0.3 is 6.55 Å². The van der Waals surface area contributed by atoms with Crippen molar-refractivity contribution in [1.29, 1.82) is 0 Å². The molecule has 0 aliphatic carbocycles. The molecule has 29 heavy (non-hydrogen) atoms. The highest BCUT2D eigenvalue weighted by Crippen LogP contribution is 2.25. The van der Waals surface area contributed by atoms with Gasteiger partial charge in [-0.05, 0) is 31.2 Å². The summed E-state index contributed by atoms with van der Waals surface area (Å²) >= 11 is 0. The number of rotatable bonds is 5. The molecule has 0 saturated heterocycles. The number of aromatic nitrogens is 3. The molecule has 1 amide bonds. The monoisotopic (exact) mass is 396 g/mol. The summed E-state index contributed by atoms with van der Waals surface area (Å²) in [4.78, 5) is 22.8. The summed E-state index contributed by atoms with van der Waals surface area (Å²) in [5, 5.41) is 0. The van der Waals surface area contributed by atoms with Gasteiger partial charge in [0.25, 0.3) is 5.91 Å². The molecular weight excluding hydrogens is 378 g/mol. The first-order valence-electron chi connectivity index (χ1n) is 8.98. The molecule has 0 spiro atoms. The van der Waals surface area contributed by atoms with E-state index in [1.165, 1.54) is 11.9 Å². The van der Waals surface area contributed by atoms with Gasteiger partial charge in [-0.15, -0.1) is 0 Å². The van der Waals surface area contributed by atoms with Gasteiger partial charge in [-0.25, -0.2) is 9.97 Å². The highest BCUT2D eigenvalue weighted by atomic mass is 19.3. The van der Waals surface area contributed by atoms with Crippen LogP contribution in [0.15, 0.2) is 59.0 Å². The zero-order valence-electron chi connectivity index (χ0n) is 15.8. The van der Waals surface area contributed by atoms with Crippen molar-refractivity contribution in [2.75, 3.05) is 7.05 Å². The molecule has 4 rings (SSSR count). The van der Waals surface area contributed by atoms with Crippen molar-refractivity contribution >= 4 is 16.9 Å². The molecule has 8 heteroatoms. The van der Waals surface area contributed by atoms with E-state index < -0.39 is 12.5 Å². The van der Waals surface area contributed by atoms with E-state index >= 15 is 0 Å². The molecule has 0 atom stereocenters. The molecular formula is C21H18F2N4O2. The number of aryl methyl sites for hydroxylation is 1. The van der Waals surface area contributed by atoms with E-state index in [0.717, 1.165) is 10.1 Å². The van der Waals surface area contributed by atoms with E-state index in [0.29, 0.717) is 22.7 Å². The summed E-state index contributed by atoms with van der Waals surface area (Å²) in [7, 11) is 1.52. The lowest BCUT2D eigenvalue weighted by Gasteiger charge is -2.16. The van der Waals surface area contributed by atoms with Gasteiger partial charge in [0.15, 0.2) is 5.69 Å². The highest BCUT2D eigenvalue weighted by molar-refractivity contribution is 5.93. The molecule has 0 radical (unpaired) electrons. The Morgan fingerprint density at radius 2 is 1.79 bits per heavy atom. The van der Waals surface area contributed by atoms with Gasteiger partial charge in [0.1, 0.15) is 11.6 Å². The molecule has 0 aliphatic rings. The van der Waals surface area contributed by atoms with E-state index in [-0.39, 0.29) is 18.1 Å². The summed E-state index contributed by atoms with van der Waals surface area (Å²) < 4.78 is 33.7. The maximum Gasteiger partial charge on any atom is 0.320 e. The van der Waals surface area contributed by atoms with Crippen LogP contribution in [0.1, 0.15) is 28.6 Å². The molecule has 2 aromatic carbocycles. The van der Waals surface area contributed by atoms with Crippen LogP contribution in [0.3, 0.4) is 0 Å². The fourth-order valence-electron chi connectivity index (χ4n) is 3.19. The van der Waals surface area contributed by atoms with Crippen LogP contribution >= 0.6 is 0 Å². The standard InChI is InChI=1S/C21H18F2N4O2/c1-13-18(25-19(29-13)14-8-4-3-5-9-14)20(28)26(2)12-17-24-15-10-6-7-11-16(15)27(17)21(22)23/h3-11,21H,12H2,1-2H3. The second-order valence-electron chi connectivity index (χ2n) is 6.62. The number of alkyl halides is 2. The van der Waals surface area contributed by atoms with Crippen molar-refractivity contribution in [1.82, 2.24) is 19.4 Å². The smallest absolute Gasteiger partial charge is 0.320 e. The highest BCUT2D eigenvalue weighted by Gasteiger charge is 2.24. The van der Waals surface area contributed by atoms with E-state index in [1.54, 1.807) is 31.2 Å². The van der Waals surface area contributed by atoms with E-state index in [4.69, 9.17) is 4.42 Å². The second-order valence-corrected chi connectivity index (χ2v) is 6.62. The summed E-state index contributed by atoms with van der Waals surface area (Å²) in [6.45, 7) is -1.21. The topological polar surface area (TPSA) is 64.2 Å². The first-order valence-corrected chi connectivity index (χ1v) is 8.98. The van der Waals surface area contributed by atoms with Gasteiger partial charge < -0.3 is 9.32 Å². The van der Waals surface area contributed by atoms with Gasteiger partial charge in [-0.1, -0.05) is 30.3 Å². The van der Waals surface area contributed by atoms with Crippen LogP contribution in [-0.2, 0) is 6.54 Å². The third-order valence-electron chi connectivity index (χ3n) is 4.61. The molecule has 0 saturated carbocycles. The molecule has 0 N–H and O–H groups in total. The van der Waals surface area contributed by atoms with Gasteiger partial charge in [0.2, 0.25) is 5.89 Å². The van der Waals surface area contributed by atoms with Crippen LogP contribution in [0.5, 0.6) is 0 Å². The van der Waals surface area contributed by atoms with E-state index in [1.807, 2.05) is 30.3 Å². The second kappa shape index (κ2) is 7.46. The van der Waals surface area contributed by atoms with Crippen molar-refractivity contribution in [3.8, 4) is 11.5 Å². The minimum absolute atomic E-state index is 0.0924. The number of hydrogen-bond donors (Lipinski definition) is 0. The Kier molecular flexibility index (Phi) is 4.84. The third-order valence-corrected chi connectivity index (χ3v) is 4.61. The number of oxazole rings is 1. The number of carbonyl (C=O) groups excluding carboxylic acids is 1. The Bertz CT molecular complexity index is 1170. The fraction of sp³-hybridized carbons (Fsp3) is 0.190. The largest absolute Gasteiger partial charge is 0.441 e.